The largest absolute Gasteiger partial charge is 0.433 e. The number of anilines is 1. The molecular formula is C30H49F2N3O. The minimum atomic E-state index is -3.19. The van der Waals surface area contributed by atoms with Gasteiger partial charge in [0.2, 0.25) is 0 Å². The summed E-state index contributed by atoms with van der Waals surface area (Å²) < 4.78 is 30.5. The number of ether oxygens (including phenoxy) is 1. The maximum atomic E-state index is 13.0. The van der Waals surface area contributed by atoms with Gasteiger partial charge in [-0.15, -0.1) is 0 Å². The Morgan fingerprint density at radius 2 is 1.69 bits per heavy atom. The fourth-order valence-electron chi connectivity index (χ4n) is 3.86. The monoisotopic (exact) mass is 505 g/mol. The fraction of sp³-hybridized carbons (Fsp3) is 0.567. The SMILES string of the molecule is C=C(CCCN(CCC)C(=NCC)C1=C(C)CC=C1C)Nc1ccc(OC(C)(F)F)cc1.CC.CC. The molecule has 0 aromatic heterocycles. The smallest absolute Gasteiger partial charge is 0.394 e. The molecular weight excluding hydrogens is 456 g/mol. The molecule has 0 saturated heterocycles. The molecule has 6 heteroatoms. The number of rotatable bonds is 12. The molecule has 204 valence electrons. The van der Waals surface area contributed by atoms with E-state index in [4.69, 9.17) is 4.99 Å². The Morgan fingerprint density at radius 3 is 2.17 bits per heavy atom. The number of allylic oxidation sites excluding steroid dienone is 3. The van der Waals surface area contributed by atoms with E-state index < -0.39 is 6.11 Å². The van der Waals surface area contributed by atoms with Gasteiger partial charge < -0.3 is 15.0 Å². The van der Waals surface area contributed by atoms with Gasteiger partial charge in [-0.2, -0.15) is 8.78 Å². The van der Waals surface area contributed by atoms with Gasteiger partial charge in [0, 0.05) is 43.5 Å². The summed E-state index contributed by atoms with van der Waals surface area (Å²) in [5, 5.41) is 3.26. The van der Waals surface area contributed by atoms with Crippen LogP contribution < -0.4 is 10.1 Å². The Labute approximate surface area is 219 Å². The lowest BCUT2D eigenvalue weighted by Crippen LogP contribution is -2.35. The normalized spacial score (nSPS) is 13.2. The molecule has 0 spiro atoms. The van der Waals surface area contributed by atoms with E-state index in [2.05, 4.69) is 55.3 Å². The van der Waals surface area contributed by atoms with E-state index in [9.17, 15) is 8.78 Å². The number of hydrogen-bond acceptors (Lipinski definition) is 3. The van der Waals surface area contributed by atoms with Crippen LogP contribution in [0.15, 0.2) is 64.3 Å². The van der Waals surface area contributed by atoms with Crippen molar-refractivity contribution >= 4 is 11.5 Å². The summed E-state index contributed by atoms with van der Waals surface area (Å²) in [6.07, 6.45) is 2.89. The molecule has 1 aliphatic rings. The van der Waals surface area contributed by atoms with Crippen molar-refractivity contribution in [1.29, 1.82) is 0 Å². The molecule has 0 bridgehead atoms. The van der Waals surface area contributed by atoms with E-state index in [1.165, 1.54) is 28.9 Å². The standard InChI is InChI=1S/C26H37F2N3O.2C2H6/c1-7-17-31(25(29-8-2)24-19(3)11-12-20(24)4)18-9-10-21(5)30-22-13-15-23(16-14-22)32-26(6,27)28;2*1-2/h11,13-16,30H,5,7-10,12,17-18H2,1-4,6H3;2*1-2H3. The minimum Gasteiger partial charge on any atom is -0.433 e. The lowest BCUT2D eigenvalue weighted by Gasteiger charge is -2.28. The third kappa shape index (κ3) is 11.9. The first-order valence-electron chi connectivity index (χ1n) is 13.4. The van der Waals surface area contributed by atoms with Gasteiger partial charge in [0.1, 0.15) is 11.6 Å². The molecule has 0 amide bonds. The second-order valence-corrected chi connectivity index (χ2v) is 8.30. The highest BCUT2D eigenvalue weighted by Gasteiger charge is 2.23. The fourth-order valence-corrected chi connectivity index (χ4v) is 3.86. The molecule has 1 aromatic rings. The second-order valence-electron chi connectivity index (χ2n) is 8.30. The molecule has 0 fully saturated rings. The van der Waals surface area contributed by atoms with Crippen molar-refractivity contribution in [3.63, 3.8) is 0 Å². The van der Waals surface area contributed by atoms with Crippen LogP contribution in [-0.2, 0) is 0 Å². The lowest BCUT2D eigenvalue weighted by atomic mass is 10.0. The van der Waals surface area contributed by atoms with Gasteiger partial charge in [-0.1, -0.05) is 52.8 Å². The van der Waals surface area contributed by atoms with Crippen LogP contribution in [0.3, 0.4) is 0 Å². The molecule has 1 N–H and O–H groups in total. The van der Waals surface area contributed by atoms with E-state index in [0.29, 0.717) is 0 Å². The number of hydrogen-bond donors (Lipinski definition) is 1. The number of amidine groups is 1. The summed E-state index contributed by atoms with van der Waals surface area (Å²) in [5.74, 6) is 1.24. The lowest BCUT2D eigenvalue weighted by molar-refractivity contribution is -0.158. The number of benzene rings is 1. The summed E-state index contributed by atoms with van der Waals surface area (Å²) in [6, 6.07) is 6.48. The first-order chi connectivity index (χ1) is 17.1. The highest BCUT2D eigenvalue weighted by molar-refractivity contribution is 6.03. The van der Waals surface area contributed by atoms with Gasteiger partial charge in [0.15, 0.2) is 0 Å². The first-order valence-corrected chi connectivity index (χ1v) is 13.4. The maximum Gasteiger partial charge on any atom is 0.394 e. The van der Waals surface area contributed by atoms with Crippen molar-refractivity contribution in [2.75, 3.05) is 25.0 Å². The third-order valence-corrected chi connectivity index (χ3v) is 5.24. The van der Waals surface area contributed by atoms with Crippen LogP contribution in [0.4, 0.5) is 14.5 Å². The minimum absolute atomic E-state index is 0.132. The zero-order valence-electron chi connectivity index (χ0n) is 24.1. The van der Waals surface area contributed by atoms with E-state index in [0.717, 1.165) is 69.5 Å². The molecule has 0 unspecified atom stereocenters. The highest BCUT2D eigenvalue weighted by atomic mass is 19.3. The van der Waals surface area contributed by atoms with E-state index in [-0.39, 0.29) is 5.75 Å². The average Bonchev–Trinajstić information content (AvgIpc) is 3.17. The zero-order chi connectivity index (χ0) is 27.7. The number of halogens is 2. The Bertz CT molecular complexity index is 865. The van der Waals surface area contributed by atoms with Crippen LogP contribution in [-0.4, -0.2) is 36.5 Å². The molecule has 2 rings (SSSR count). The van der Waals surface area contributed by atoms with Crippen LogP contribution in [0, 0.1) is 0 Å². The van der Waals surface area contributed by atoms with Gasteiger partial charge in [-0.3, -0.25) is 4.99 Å². The van der Waals surface area contributed by atoms with E-state index in [1.807, 2.05) is 27.7 Å². The van der Waals surface area contributed by atoms with Crippen molar-refractivity contribution < 1.29 is 13.5 Å². The summed E-state index contributed by atoms with van der Waals surface area (Å²) >= 11 is 0. The molecule has 0 radical (unpaired) electrons. The molecule has 0 aliphatic heterocycles. The second kappa shape index (κ2) is 17.7. The van der Waals surface area contributed by atoms with Crippen LogP contribution in [0.25, 0.3) is 0 Å². The van der Waals surface area contributed by atoms with Crippen molar-refractivity contribution in [2.24, 2.45) is 4.99 Å². The predicted octanol–water partition coefficient (Wildman–Crippen LogP) is 9.23. The van der Waals surface area contributed by atoms with Crippen molar-refractivity contribution in [3.8, 4) is 5.75 Å². The summed E-state index contributed by atoms with van der Waals surface area (Å²) in [7, 11) is 0. The quantitative estimate of drug-likeness (QED) is 0.227. The Balaban J connectivity index is 0.00000291. The van der Waals surface area contributed by atoms with Gasteiger partial charge in [0.25, 0.3) is 0 Å². The highest BCUT2D eigenvalue weighted by Crippen LogP contribution is 2.28. The van der Waals surface area contributed by atoms with Crippen LogP contribution in [0.1, 0.15) is 88.0 Å². The summed E-state index contributed by atoms with van der Waals surface area (Å²) in [6.45, 7) is 24.1. The Kier molecular flexibility index (Phi) is 16.4. The third-order valence-electron chi connectivity index (χ3n) is 5.24. The first kappa shape index (κ1) is 33.4. The molecule has 1 aliphatic carbocycles. The van der Waals surface area contributed by atoms with Gasteiger partial charge >= 0.3 is 6.11 Å². The topological polar surface area (TPSA) is 36.9 Å². The number of aliphatic imine (C=N–C) groups is 1. The Hall–Kier alpha value is -2.63. The molecule has 0 atom stereocenters. The summed E-state index contributed by atoms with van der Waals surface area (Å²) in [5.41, 5.74) is 5.69. The Morgan fingerprint density at radius 1 is 1.08 bits per heavy atom. The van der Waals surface area contributed by atoms with Crippen molar-refractivity contribution in [3.05, 3.63) is 59.3 Å². The van der Waals surface area contributed by atoms with E-state index >= 15 is 0 Å². The van der Waals surface area contributed by atoms with Crippen molar-refractivity contribution in [2.45, 2.75) is 94.1 Å². The van der Waals surface area contributed by atoms with Crippen LogP contribution >= 0.6 is 0 Å². The van der Waals surface area contributed by atoms with Gasteiger partial charge in [-0.25, -0.2) is 0 Å². The van der Waals surface area contributed by atoms with Gasteiger partial charge in [0.05, 0.1) is 0 Å². The number of nitrogens with one attached hydrogen (secondary N) is 1. The maximum absolute atomic E-state index is 13.0. The van der Waals surface area contributed by atoms with Crippen LogP contribution in [0.5, 0.6) is 5.75 Å². The summed E-state index contributed by atoms with van der Waals surface area (Å²) in [4.78, 5) is 7.26. The molecule has 4 nitrogen and oxygen atoms in total. The number of alkyl halides is 2. The van der Waals surface area contributed by atoms with Crippen LogP contribution in [0.2, 0.25) is 0 Å². The van der Waals surface area contributed by atoms with Crippen molar-refractivity contribution in [1.82, 2.24) is 4.90 Å². The molecule has 0 heterocycles. The average molecular weight is 506 g/mol. The predicted molar refractivity (Wildman–Crippen MR) is 153 cm³/mol. The molecule has 0 saturated carbocycles. The molecule has 1 aromatic carbocycles. The number of nitrogens with zero attached hydrogens (tertiary/aromatic N) is 2. The zero-order valence-corrected chi connectivity index (χ0v) is 24.1. The van der Waals surface area contributed by atoms with E-state index in [1.54, 1.807) is 12.1 Å². The van der Waals surface area contributed by atoms with Gasteiger partial charge in [-0.05, 0) is 76.3 Å². The molecule has 36 heavy (non-hydrogen) atoms.